The first kappa shape index (κ1) is 13.1. The molecule has 1 aromatic carbocycles. The molecule has 1 heterocycles. The maximum Gasteiger partial charge on any atom is 0.254 e. The third-order valence-electron chi connectivity index (χ3n) is 3.77. The molecule has 0 saturated carbocycles. The molecule has 18 heavy (non-hydrogen) atoms. The summed E-state index contributed by atoms with van der Waals surface area (Å²) in [4.78, 5) is 14.6. The number of benzene rings is 1. The second-order valence-corrected chi connectivity index (χ2v) is 4.96. The Hall–Kier alpha value is -1.35. The molecule has 98 valence electrons. The minimum absolute atomic E-state index is 0.164. The van der Waals surface area contributed by atoms with Gasteiger partial charge in [0, 0.05) is 24.7 Å². The van der Waals surface area contributed by atoms with Gasteiger partial charge in [0.15, 0.2) is 0 Å². The second kappa shape index (κ2) is 6.01. The zero-order valence-electron chi connectivity index (χ0n) is 11.1. The molecule has 1 unspecified atom stereocenters. The topological polar surface area (TPSA) is 46.3 Å². The van der Waals surface area contributed by atoms with E-state index in [0.29, 0.717) is 12.6 Å². The van der Waals surface area contributed by atoms with Crippen LogP contribution in [0.4, 0.5) is 0 Å². The van der Waals surface area contributed by atoms with E-state index in [2.05, 4.69) is 6.92 Å². The van der Waals surface area contributed by atoms with E-state index in [1.807, 2.05) is 29.2 Å². The number of piperidine rings is 1. The van der Waals surface area contributed by atoms with Crippen molar-refractivity contribution in [3.8, 4) is 0 Å². The minimum atomic E-state index is 0.164. The van der Waals surface area contributed by atoms with Crippen molar-refractivity contribution in [1.82, 2.24) is 4.90 Å². The van der Waals surface area contributed by atoms with Gasteiger partial charge in [-0.3, -0.25) is 4.79 Å². The molecule has 0 radical (unpaired) electrons. The van der Waals surface area contributed by atoms with Crippen LogP contribution in [0.25, 0.3) is 0 Å². The number of nitrogens with two attached hydrogens (primary N) is 1. The van der Waals surface area contributed by atoms with E-state index in [0.717, 1.165) is 36.9 Å². The Balaban J connectivity index is 2.18. The monoisotopic (exact) mass is 246 g/mol. The Morgan fingerprint density at radius 2 is 2.28 bits per heavy atom. The van der Waals surface area contributed by atoms with Gasteiger partial charge in [0.2, 0.25) is 0 Å². The molecule has 1 aliphatic heterocycles. The van der Waals surface area contributed by atoms with E-state index < -0.39 is 0 Å². The first-order valence-electron chi connectivity index (χ1n) is 6.86. The van der Waals surface area contributed by atoms with Gasteiger partial charge in [0.1, 0.15) is 0 Å². The van der Waals surface area contributed by atoms with Crippen molar-refractivity contribution < 1.29 is 4.79 Å². The first-order chi connectivity index (χ1) is 8.76. The highest BCUT2D eigenvalue weighted by Gasteiger charge is 2.25. The Kier molecular flexibility index (Phi) is 4.37. The molecular formula is C15H22N2O. The molecule has 1 atom stereocenters. The largest absolute Gasteiger partial charge is 0.336 e. The second-order valence-electron chi connectivity index (χ2n) is 4.96. The SMILES string of the molecule is CCC1CCCCN1C(=O)c1cccc(CN)c1. The van der Waals surface area contributed by atoms with E-state index in [-0.39, 0.29) is 5.91 Å². The van der Waals surface area contributed by atoms with Crippen LogP contribution in [0, 0.1) is 0 Å². The Labute approximate surface area is 109 Å². The zero-order chi connectivity index (χ0) is 13.0. The normalized spacial score (nSPS) is 19.9. The van der Waals surface area contributed by atoms with E-state index in [1.165, 1.54) is 6.42 Å². The van der Waals surface area contributed by atoms with Crippen molar-refractivity contribution in [1.29, 1.82) is 0 Å². The predicted octanol–water partition coefficient (Wildman–Crippen LogP) is 2.55. The lowest BCUT2D eigenvalue weighted by Gasteiger charge is -2.35. The molecule has 0 aliphatic carbocycles. The summed E-state index contributed by atoms with van der Waals surface area (Å²) >= 11 is 0. The molecule has 3 nitrogen and oxygen atoms in total. The molecule has 0 spiro atoms. The molecule has 0 aromatic heterocycles. The maximum absolute atomic E-state index is 12.5. The van der Waals surface area contributed by atoms with Gasteiger partial charge in [0.25, 0.3) is 5.91 Å². The molecule has 1 amide bonds. The average molecular weight is 246 g/mol. The van der Waals surface area contributed by atoms with Crippen molar-refractivity contribution >= 4 is 5.91 Å². The van der Waals surface area contributed by atoms with Crippen LogP contribution in [0.5, 0.6) is 0 Å². The Morgan fingerprint density at radius 1 is 1.44 bits per heavy atom. The van der Waals surface area contributed by atoms with Gasteiger partial charge in [-0.05, 0) is 43.4 Å². The van der Waals surface area contributed by atoms with Crippen molar-refractivity contribution in [2.45, 2.75) is 45.2 Å². The number of carbonyl (C=O) groups is 1. The molecule has 1 aromatic rings. The maximum atomic E-state index is 12.5. The highest BCUT2D eigenvalue weighted by Crippen LogP contribution is 2.22. The molecular weight excluding hydrogens is 224 g/mol. The van der Waals surface area contributed by atoms with Crippen LogP contribution in [-0.2, 0) is 6.54 Å². The van der Waals surface area contributed by atoms with Crippen molar-refractivity contribution in [2.75, 3.05) is 6.54 Å². The van der Waals surface area contributed by atoms with Gasteiger partial charge in [-0.25, -0.2) is 0 Å². The number of carbonyl (C=O) groups excluding carboxylic acids is 1. The first-order valence-corrected chi connectivity index (χ1v) is 6.86. The van der Waals surface area contributed by atoms with E-state index in [4.69, 9.17) is 5.73 Å². The fourth-order valence-electron chi connectivity index (χ4n) is 2.69. The van der Waals surface area contributed by atoms with Crippen LogP contribution in [0.15, 0.2) is 24.3 Å². The van der Waals surface area contributed by atoms with Gasteiger partial charge in [0.05, 0.1) is 0 Å². The molecule has 3 heteroatoms. The van der Waals surface area contributed by atoms with Crippen molar-refractivity contribution in [2.24, 2.45) is 5.73 Å². The zero-order valence-corrected chi connectivity index (χ0v) is 11.1. The highest BCUT2D eigenvalue weighted by atomic mass is 16.2. The lowest BCUT2D eigenvalue weighted by molar-refractivity contribution is 0.0608. The van der Waals surface area contributed by atoms with Gasteiger partial charge in [-0.2, -0.15) is 0 Å². The van der Waals surface area contributed by atoms with E-state index in [1.54, 1.807) is 0 Å². The highest BCUT2D eigenvalue weighted by molar-refractivity contribution is 5.94. The third kappa shape index (κ3) is 2.72. The fraction of sp³-hybridized carbons (Fsp3) is 0.533. The quantitative estimate of drug-likeness (QED) is 0.891. The fourth-order valence-corrected chi connectivity index (χ4v) is 2.69. The van der Waals surface area contributed by atoms with Crippen molar-refractivity contribution in [3.05, 3.63) is 35.4 Å². The summed E-state index contributed by atoms with van der Waals surface area (Å²) in [7, 11) is 0. The Morgan fingerprint density at radius 3 is 3.00 bits per heavy atom. The van der Waals surface area contributed by atoms with Crippen LogP contribution in [-0.4, -0.2) is 23.4 Å². The van der Waals surface area contributed by atoms with E-state index in [9.17, 15) is 4.79 Å². The summed E-state index contributed by atoms with van der Waals surface area (Å²) in [5, 5.41) is 0. The smallest absolute Gasteiger partial charge is 0.254 e. The number of hydrogen-bond acceptors (Lipinski definition) is 2. The summed E-state index contributed by atoms with van der Waals surface area (Å²) in [6.07, 6.45) is 4.55. The lowest BCUT2D eigenvalue weighted by Crippen LogP contribution is -2.43. The standard InChI is InChI=1S/C15H22N2O/c1-2-14-8-3-4-9-17(14)15(18)13-7-5-6-12(10-13)11-16/h5-7,10,14H,2-4,8-9,11,16H2,1H3. The van der Waals surface area contributed by atoms with Gasteiger partial charge in [-0.1, -0.05) is 19.1 Å². The molecule has 0 bridgehead atoms. The van der Waals surface area contributed by atoms with Crippen LogP contribution in [0.3, 0.4) is 0 Å². The summed E-state index contributed by atoms with van der Waals surface area (Å²) in [6.45, 7) is 3.54. The van der Waals surface area contributed by atoms with Crippen LogP contribution in [0.2, 0.25) is 0 Å². The van der Waals surface area contributed by atoms with Gasteiger partial charge in [-0.15, -0.1) is 0 Å². The van der Waals surface area contributed by atoms with Crippen molar-refractivity contribution in [3.63, 3.8) is 0 Å². The molecule has 1 saturated heterocycles. The van der Waals surface area contributed by atoms with Crippen LogP contribution >= 0.6 is 0 Å². The lowest BCUT2D eigenvalue weighted by atomic mass is 9.98. The predicted molar refractivity (Wildman–Crippen MR) is 73.3 cm³/mol. The Bertz CT molecular complexity index is 417. The number of hydrogen-bond donors (Lipinski definition) is 1. The molecule has 1 aliphatic rings. The summed E-state index contributed by atoms with van der Waals surface area (Å²) < 4.78 is 0. The molecule has 2 rings (SSSR count). The summed E-state index contributed by atoms with van der Waals surface area (Å²) in [5.74, 6) is 0.164. The number of likely N-dealkylation sites (tertiary alicyclic amines) is 1. The summed E-state index contributed by atoms with van der Waals surface area (Å²) in [5.41, 5.74) is 7.42. The van der Waals surface area contributed by atoms with Crippen LogP contribution < -0.4 is 5.73 Å². The van der Waals surface area contributed by atoms with E-state index >= 15 is 0 Å². The average Bonchev–Trinajstić information content (AvgIpc) is 2.46. The van der Waals surface area contributed by atoms with Gasteiger partial charge >= 0.3 is 0 Å². The molecule has 1 fully saturated rings. The number of rotatable bonds is 3. The van der Waals surface area contributed by atoms with Crippen LogP contribution in [0.1, 0.15) is 48.5 Å². The minimum Gasteiger partial charge on any atom is -0.336 e. The number of nitrogens with zero attached hydrogens (tertiary/aromatic N) is 1. The number of amides is 1. The molecule has 2 N–H and O–H groups in total. The summed E-state index contributed by atoms with van der Waals surface area (Å²) in [6, 6.07) is 8.10. The third-order valence-corrected chi connectivity index (χ3v) is 3.77. The van der Waals surface area contributed by atoms with Gasteiger partial charge < -0.3 is 10.6 Å².